The second-order valence-corrected chi connectivity index (χ2v) is 9.29. The number of hydroxylamine groups is 2. The van der Waals surface area contributed by atoms with Crippen LogP contribution in [0.4, 0.5) is 4.79 Å². The minimum absolute atomic E-state index is 0.0923. The highest BCUT2D eigenvalue weighted by atomic mass is 16.7. The second kappa shape index (κ2) is 11.5. The number of hydrogen-bond donors (Lipinski definition) is 1. The van der Waals surface area contributed by atoms with Crippen molar-refractivity contribution in [1.82, 2.24) is 14.9 Å². The molecule has 1 aromatic heterocycles. The molecule has 0 fully saturated rings. The predicted molar refractivity (Wildman–Crippen MR) is 144 cm³/mol. The van der Waals surface area contributed by atoms with Gasteiger partial charge in [-0.3, -0.25) is 14.2 Å². The van der Waals surface area contributed by atoms with Crippen molar-refractivity contribution in [2.45, 2.75) is 57.9 Å². The Morgan fingerprint density at radius 1 is 1.11 bits per heavy atom. The Morgan fingerprint density at radius 2 is 1.89 bits per heavy atom. The summed E-state index contributed by atoms with van der Waals surface area (Å²) >= 11 is 0. The van der Waals surface area contributed by atoms with Gasteiger partial charge in [0.2, 0.25) is 5.91 Å². The highest BCUT2D eigenvalue weighted by molar-refractivity contribution is 5.99. The van der Waals surface area contributed by atoms with E-state index in [-0.39, 0.29) is 11.9 Å². The molecule has 1 unspecified atom stereocenters. The van der Waals surface area contributed by atoms with Crippen LogP contribution in [-0.4, -0.2) is 42.3 Å². The van der Waals surface area contributed by atoms with Gasteiger partial charge in [-0.25, -0.2) is 4.79 Å². The molecule has 7 heteroatoms. The smallest absolute Gasteiger partial charge is 0.354 e. The van der Waals surface area contributed by atoms with Gasteiger partial charge in [0.15, 0.2) is 5.54 Å². The number of rotatable bonds is 10. The number of amides is 2. The van der Waals surface area contributed by atoms with E-state index in [1.807, 2.05) is 36.4 Å². The average Bonchev–Trinajstić information content (AvgIpc) is 3.35. The molecule has 0 saturated carbocycles. The number of nitrogens with one attached hydrogen (secondary N) is 1. The van der Waals surface area contributed by atoms with E-state index in [1.165, 1.54) is 24.7 Å². The van der Waals surface area contributed by atoms with Crippen molar-refractivity contribution in [3.8, 4) is 17.6 Å². The van der Waals surface area contributed by atoms with Gasteiger partial charge in [-0.2, -0.15) is 5.06 Å². The quantitative estimate of drug-likeness (QED) is 0.388. The van der Waals surface area contributed by atoms with Crippen molar-refractivity contribution < 1.29 is 19.2 Å². The molecular formula is C30H35N3O4. The van der Waals surface area contributed by atoms with Crippen molar-refractivity contribution >= 4 is 22.8 Å². The van der Waals surface area contributed by atoms with Crippen LogP contribution in [0.5, 0.6) is 5.75 Å². The first-order valence-electron chi connectivity index (χ1n) is 12.9. The maximum Gasteiger partial charge on any atom is 0.354 e. The first-order valence-corrected chi connectivity index (χ1v) is 12.9. The molecule has 1 aliphatic heterocycles. The number of carbonyl (C=O) groups is 2. The molecule has 2 heterocycles. The van der Waals surface area contributed by atoms with Crippen molar-refractivity contribution in [2.75, 3.05) is 20.8 Å². The second-order valence-electron chi connectivity index (χ2n) is 9.29. The molecule has 194 valence electrons. The van der Waals surface area contributed by atoms with Crippen LogP contribution in [0.25, 0.3) is 10.9 Å². The summed E-state index contributed by atoms with van der Waals surface area (Å²) < 4.78 is 7.24. The molecule has 3 aromatic rings. The van der Waals surface area contributed by atoms with Crippen LogP contribution in [0, 0.1) is 11.8 Å². The van der Waals surface area contributed by atoms with Crippen molar-refractivity contribution in [2.24, 2.45) is 0 Å². The summed E-state index contributed by atoms with van der Waals surface area (Å²) in [6, 6.07) is 15.7. The standard InChI is InChI=1S/C30H35N3O4/c1-5-6-18-30(19-11-10-14-23-12-8-7-9-13-23)28-25(17-20-31-22(2)34)26-21-24(36-3)15-16-27(26)32(28)29(35)33(30)37-4/h7-9,12-13,15-16,21H,5-6,10,14,17-18,20H2,1-4H3,(H,31,34). The van der Waals surface area contributed by atoms with E-state index in [1.54, 1.807) is 11.7 Å². The summed E-state index contributed by atoms with van der Waals surface area (Å²) in [6.45, 7) is 4.08. The number of unbranched alkanes of at least 4 members (excludes halogenated alkanes) is 1. The third-order valence-electron chi connectivity index (χ3n) is 6.88. The summed E-state index contributed by atoms with van der Waals surface area (Å²) in [4.78, 5) is 31.2. The lowest BCUT2D eigenvalue weighted by molar-refractivity contribution is -0.135. The highest BCUT2D eigenvalue weighted by Crippen LogP contribution is 2.46. The highest BCUT2D eigenvalue weighted by Gasteiger charge is 2.52. The Labute approximate surface area is 218 Å². The molecule has 1 N–H and O–H groups in total. The zero-order valence-corrected chi connectivity index (χ0v) is 22.1. The van der Waals surface area contributed by atoms with E-state index in [0.717, 1.165) is 41.4 Å². The molecule has 4 rings (SSSR count). The molecule has 0 saturated heterocycles. The van der Waals surface area contributed by atoms with Crippen LogP contribution >= 0.6 is 0 Å². The number of benzene rings is 2. The van der Waals surface area contributed by atoms with Crippen LogP contribution in [0.3, 0.4) is 0 Å². The predicted octanol–water partition coefficient (Wildman–Crippen LogP) is 5.20. The summed E-state index contributed by atoms with van der Waals surface area (Å²) in [5.41, 5.74) is 2.88. The largest absolute Gasteiger partial charge is 0.497 e. The summed E-state index contributed by atoms with van der Waals surface area (Å²) in [6.07, 6.45) is 4.51. The van der Waals surface area contributed by atoms with E-state index in [2.05, 4.69) is 36.2 Å². The summed E-state index contributed by atoms with van der Waals surface area (Å²) in [5, 5.41) is 5.27. The third-order valence-corrected chi connectivity index (χ3v) is 6.88. The molecular weight excluding hydrogens is 466 g/mol. The zero-order chi connectivity index (χ0) is 26.4. The average molecular weight is 502 g/mol. The molecule has 7 nitrogen and oxygen atoms in total. The Hall–Kier alpha value is -3.76. The first-order chi connectivity index (χ1) is 18.0. The molecule has 1 atom stereocenters. The first kappa shape index (κ1) is 26.3. The lowest BCUT2D eigenvalue weighted by Gasteiger charge is -2.32. The van der Waals surface area contributed by atoms with Gasteiger partial charge in [0.1, 0.15) is 5.75 Å². The van der Waals surface area contributed by atoms with Gasteiger partial charge >= 0.3 is 6.03 Å². The number of aromatic nitrogens is 1. The molecule has 1 aliphatic rings. The van der Waals surface area contributed by atoms with Crippen LogP contribution in [-0.2, 0) is 28.0 Å². The number of hydrogen-bond acceptors (Lipinski definition) is 4. The minimum Gasteiger partial charge on any atom is -0.497 e. The molecule has 0 bridgehead atoms. The number of ether oxygens (including phenoxy) is 1. The number of aryl methyl sites for hydroxylation is 1. The summed E-state index contributed by atoms with van der Waals surface area (Å²) in [7, 11) is 3.16. The minimum atomic E-state index is -0.934. The fraction of sp³-hybridized carbons (Fsp3) is 0.400. The topological polar surface area (TPSA) is 72.8 Å². The number of carbonyl (C=O) groups excluding carboxylic acids is 2. The Kier molecular flexibility index (Phi) is 8.20. The van der Waals surface area contributed by atoms with E-state index >= 15 is 0 Å². The third kappa shape index (κ3) is 5.07. The van der Waals surface area contributed by atoms with Gasteiger partial charge in [0.25, 0.3) is 0 Å². The lowest BCUT2D eigenvalue weighted by Crippen LogP contribution is -2.43. The maximum atomic E-state index is 13.8. The van der Waals surface area contributed by atoms with Crippen LogP contribution < -0.4 is 10.1 Å². The molecule has 0 radical (unpaired) electrons. The van der Waals surface area contributed by atoms with Gasteiger partial charge in [-0.05, 0) is 55.0 Å². The molecule has 0 spiro atoms. The molecule has 0 aliphatic carbocycles. The molecule has 2 amide bonds. The number of methoxy groups -OCH3 is 1. The fourth-order valence-electron chi connectivity index (χ4n) is 5.18. The van der Waals surface area contributed by atoms with Gasteiger partial charge in [-0.1, -0.05) is 55.5 Å². The summed E-state index contributed by atoms with van der Waals surface area (Å²) in [5.74, 6) is 7.51. The number of fused-ring (bicyclic) bond motifs is 3. The van der Waals surface area contributed by atoms with Gasteiger partial charge < -0.3 is 10.1 Å². The molecule has 37 heavy (non-hydrogen) atoms. The van der Waals surface area contributed by atoms with Gasteiger partial charge in [0, 0.05) is 25.3 Å². The Bertz CT molecular complexity index is 1340. The molecule has 2 aromatic carbocycles. The van der Waals surface area contributed by atoms with Crippen LogP contribution in [0.1, 0.15) is 56.4 Å². The Morgan fingerprint density at radius 3 is 2.57 bits per heavy atom. The lowest BCUT2D eigenvalue weighted by atomic mass is 9.86. The van der Waals surface area contributed by atoms with Crippen molar-refractivity contribution in [1.29, 1.82) is 0 Å². The fourth-order valence-corrected chi connectivity index (χ4v) is 5.18. The normalized spacial score (nSPS) is 16.4. The SMILES string of the molecule is CCCCC1(C#CCCc2ccccc2)c2c(CCNC(C)=O)c3cc(OC)ccc3n2C(=O)N1OC. The van der Waals surface area contributed by atoms with E-state index in [0.29, 0.717) is 31.6 Å². The van der Waals surface area contributed by atoms with Crippen molar-refractivity contribution in [3.05, 3.63) is 65.4 Å². The van der Waals surface area contributed by atoms with Gasteiger partial charge in [-0.15, -0.1) is 0 Å². The maximum absolute atomic E-state index is 13.8. The van der Waals surface area contributed by atoms with E-state index in [9.17, 15) is 9.59 Å². The van der Waals surface area contributed by atoms with E-state index < -0.39 is 5.54 Å². The van der Waals surface area contributed by atoms with Crippen molar-refractivity contribution in [3.63, 3.8) is 0 Å². The van der Waals surface area contributed by atoms with Crippen LogP contribution in [0.15, 0.2) is 48.5 Å². The monoisotopic (exact) mass is 501 g/mol. The van der Waals surface area contributed by atoms with Crippen LogP contribution in [0.2, 0.25) is 0 Å². The number of nitrogens with zero attached hydrogens (tertiary/aromatic N) is 2. The Balaban J connectivity index is 1.87. The zero-order valence-electron chi connectivity index (χ0n) is 22.1. The van der Waals surface area contributed by atoms with Gasteiger partial charge in [0.05, 0.1) is 25.4 Å². The van der Waals surface area contributed by atoms with E-state index in [4.69, 9.17) is 9.57 Å².